The van der Waals surface area contributed by atoms with Crippen LogP contribution in [0.25, 0.3) is 0 Å². The first-order valence-electron chi connectivity index (χ1n) is 5.59. The highest BCUT2D eigenvalue weighted by Gasteiger charge is 2.14. The van der Waals surface area contributed by atoms with Gasteiger partial charge in [0.15, 0.2) is 6.20 Å². The Morgan fingerprint density at radius 1 is 1.12 bits per heavy atom. The molecular formula is C14H15NOS. The van der Waals surface area contributed by atoms with Gasteiger partial charge in [-0.05, 0) is 42.8 Å². The molecule has 0 saturated heterocycles. The van der Waals surface area contributed by atoms with Crippen LogP contribution >= 0.6 is 11.8 Å². The van der Waals surface area contributed by atoms with Gasteiger partial charge in [-0.15, -0.1) is 0 Å². The van der Waals surface area contributed by atoms with Crippen molar-refractivity contribution in [2.24, 2.45) is 0 Å². The number of benzene rings is 1. The fourth-order valence-corrected chi connectivity index (χ4v) is 2.87. The lowest BCUT2D eigenvalue weighted by Gasteiger charge is -2.13. The maximum Gasteiger partial charge on any atom is 0.251 e. The van der Waals surface area contributed by atoms with E-state index in [1.54, 1.807) is 17.8 Å². The minimum atomic E-state index is 0.277. The van der Waals surface area contributed by atoms with Crippen molar-refractivity contribution >= 4 is 11.8 Å². The van der Waals surface area contributed by atoms with Gasteiger partial charge in [-0.2, -0.15) is 4.73 Å². The van der Waals surface area contributed by atoms with E-state index >= 15 is 0 Å². The van der Waals surface area contributed by atoms with Gasteiger partial charge in [0, 0.05) is 17.4 Å². The first-order chi connectivity index (χ1) is 8.18. The molecular weight excluding hydrogens is 230 g/mol. The summed E-state index contributed by atoms with van der Waals surface area (Å²) in [4.78, 5) is 0. The summed E-state index contributed by atoms with van der Waals surface area (Å²) in [7, 11) is 0. The first kappa shape index (κ1) is 12.0. The number of hydrogen-bond donors (Lipinski definition) is 0. The predicted octanol–water partition coefficient (Wildman–Crippen LogP) is 3.48. The van der Waals surface area contributed by atoms with Gasteiger partial charge in [0.05, 0.1) is 0 Å². The Labute approximate surface area is 106 Å². The minimum absolute atomic E-state index is 0.277. The van der Waals surface area contributed by atoms with Gasteiger partial charge < -0.3 is 5.21 Å². The Morgan fingerprint density at radius 3 is 2.53 bits per heavy atom. The zero-order chi connectivity index (χ0) is 12.3. The van der Waals surface area contributed by atoms with E-state index in [0.717, 1.165) is 9.76 Å². The highest BCUT2D eigenvalue weighted by Crippen LogP contribution is 2.34. The number of aromatic nitrogens is 1. The molecule has 0 aliphatic rings. The lowest BCUT2D eigenvalue weighted by molar-refractivity contribution is -0.645. The monoisotopic (exact) mass is 245 g/mol. The molecule has 17 heavy (non-hydrogen) atoms. The van der Waals surface area contributed by atoms with Crippen LogP contribution in [0.4, 0.5) is 0 Å². The second-order valence-corrected chi connectivity index (χ2v) is 5.34. The molecule has 1 atom stereocenters. The van der Waals surface area contributed by atoms with E-state index in [0.29, 0.717) is 0 Å². The van der Waals surface area contributed by atoms with E-state index in [1.807, 2.05) is 24.3 Å². The molecule has 88 valence electrons. The molecule has 0 saturated carbocycles. The van der Waals surface area contributed by atoms with Crippen molar-refractivity contribution < 1.29 is 4.73 Å². The van der Waals surface area contributed by atoms with Gasteiger partial charge in [-0.1, -0.05) is 24.3 Å². The summed E-state index contributed by atoms with van der Waals surface area (Å²) in [6.07, 6.45) is 1.53. The third-order valence-corrected chi connectivity index (χ3v) is 3.88. The molecule has 2 nitrogen and oxygen atoms in total. The number of pyridine rings is 1. The predicted molar refractivity (Wildman–Crippen MR) is 70.9 cm³/mol. The third kappa shape index (κ3) is 2.80. The Bertz CT molecular complexity index is 513. The normalized spacial score (nSPS) is 12.4. The third-order valence-electron chi connectivity index (χ3n) is 2.71. The van der Waals surface area contributed by atoms with Gasteiger partial charge >= 0.3 is 0 Å². The lowest BCUT2D eigenvalue weighted by Crippen LogP contribution is -2.27. The highest BCUT2D eigenvalue weighted by molar-refractivity contribution is 7.99. The molecule has 0 bridgehead atoms. The molecule has 0 N–H and O–H groups in total. The van der Waals surface area contributed by atoms with Gasteiger partial charge in [0.2, 0.25) is 0 Å². The maximum absolute atomic E-state index is 11.6. The van der Waals surface area contributed by atoms with Gasteiger partial charge in [-0.25, -0.2) is 0 Å². The van der Waals surface area contributed by atoms with E-state index in [9.17, 15) is 5.21 Å². The van der Waals surface area contributed by atoms with Crippen LogP contribution in [0.5, 0.6) is 0 Å². The highest BCUT2D eigenvalue weighted by atomic mass is 32.2. The number of thioether (sulfide) groups is 1. The lowest BCUT2D eigenvalue weighted by atomic mass is 10.1. The van der Waals surface area contributed by atoms with Crippen molar-refractivity contribution in [1.29, 1.82) is 0 Å². The number of rotatable bonds is 3. The Balaban J connectivity index is 2.20. The molecule has 0 aliphatic carbocycles. The molecule has 2 rings (SSSR count). The van der Waals surface area contributed by atoms with Crippen molar-refractivity contribution in [2.45, 2.75) is 24.1 Å². The second kappa shape index (κ2) is 5.23. The smallest absolute Gasteiger partial charge is 0.251 e. The second-order valence-electron chi connectivity index (χ2n) is 3.98. The van der Waals surface area contributed by atoms with Crippen LogP contribution in [0.3, 0.4) is 0 Å². The molecule has 1 aromatic heterocycles. The van der Waals surface area contributed by atoms with Crippen LogP contribution in [0.1, 0.15) is 23.3 Å². The summed E-state index contributed by atoms with van der Waals surface area (Å²) in [5.74, 6) is 0. The fraction of sp³-hybridized carbons (Fsp3) is 0.214. The number of nitrogens with zero attached hydrogens (tertiary/aromatic N) is 1. The van der Waals surface area contributed by atoms with Crippen LogP contribution in [0.2, 0.25) is 0 Å². The molecule has 0 radical (unpaired) electrons. The molecule has 2 aromatic rings. The summed E-state index contributed by atoms with van der Waals surface area (Å²) in [6, 6.07) is 13.8. The van der Waals surface area contributed by atoms with Crippen LogP contribution in [0.15, 0.2) is 53.7 Å². The molecule has 0 amide bonds. The average Bonchev–Trinajstić information content (AvgIpc) is 2.32. The van der Waals surface area contributed by atoms with Crippen LogP contribution in [0, 0.1) is 12.1 Å². The van der Waals surface area contributed by atoms with Gasteiger partial charge in [0.1, 0.15) is 0 Å². The van der Waals surface area contributed by atoms with Crippen molar-refractivity contribution in [3.8, 4) is 0 Å². The fourth-order valence-electron chi connectivity index (χ4n) is 1.79. The Hall–Kier alpha value is -1.48. The van der Waals surface area contributed by atoms with E-state index < -0.39 is 0 Å². The zero-order valence-corrected chi connectivity index (χ0v) is 10.8. The minimum Gasteiger partial charge on any atom is -0.618 e. The summed E-state index contributed by atoms with van der Waals surface area (Å²) in [6.45, 7) is 4.22. The molecule has 0 spiro atoms. The maximum atomic E-state index is 11.6. The van der Waals surface area contributed by atoms with Gasteiger partial charge in [-0.3, -0.25) is 0 Å². The van der Waals surface area contributed by atoms with E-state index in [-0.39, 0.29) is 5.25 Å². The molecule has 0 aliphatic heterocycles. The van der Waals surface area contributed by atoms with Crippen molar-refractivity contribution in [1.82, 2.24) is 0 Å². The summed E-state index contributed by atoms with van der Waals surface area (Å²) in [5, 5.41) is 12.6. The zero-order valence-electron chi connectivity index (χ0n) is 9.96. The summed E-state index contributed by atoms with van der Waals surface area (Å²) in [5.41, 5.74) is 2.54. The van der Waals surface area contributed by atoms with Crippen LogP contribution in [-0.2, 0) is 0 Å². The molecule has 1 unspecified atom stereocenters. The standard InChI is InChI=1S/C14H15NOS/c1-11-7-3-4-8-13(11)12(2)17-14-9-5-6-10-15(14)16/h3-10,12H,1-2H3. The topological polar surface area (TPSA) is 26.9 Å². The first-order valence-corrected chi connectivity index (χ1v) is 6.47. The van der Waals surface area contributed by atoms with Crippen molar-refractivity contribution in [3.05, 3.63) is 65.0 Å². The van der Waals surface area contributed by atoms with Crippen molar-refractivity contribution in [3.63, 3.8) is 0 Å². The molecule has 0 fully saturated rings. The quantitative estimate of drug-likeness (QED) is 0.470. The Kier molecular flexibility index (Phi) is 3.69. The summed E-state index contributed by atoms with van der Waals surface area (Å²) >= 11 is 1.59. The van der Waals surface area contributed by atoms with E-state index in [4.69, 9.17) is 0 Å². The number of aryl methyl sites for hydroxylation is 1. The largest absolute Gasteiger partial charge is 0.618 e. The Morgan fingerprint density at radius 2 is 1.82 bits per heavy atom. The number of hydrogen-bond acceptors (Lipinski definition) is 2. The van der Waals surface area contributed by atoms with Gasteiger partial charge in [0.25, 0.3) is 5.03 Å². The van der Waals surface area contributed by atoms with E-state index in [2.05, 4.69) is 26.0 Å². The molecule has 1 aromatic carbocycles. The SMILES string of the molecule is Cc1ccccc1C(C)Sc1cccc[n+]1[O-]. The molecule has 1 heterocycles. The van der Waals surface area contributed by atoms with E-state index in [1.165, 1.54) is 17.3 Å². The average molecular weight is 245 g/mol. The van der Waals surface area contributed by atoms with Crippen molar-refractivity contribution in [2.75, 3.05) is 0 Å². The molecule has 3 heteroatoms. The summed E-state index contributed by atoms with van der Waals surface area (Å²) < 4.78 is 0.916. The van der Waals surface area contributed by atoms with Crippen LogP contribution in [-0.4, -0.2) is 0 Å². The van der Waals surface area contributed by atoms with Crippen LogP contribution < -0.4 is 4.73 Å².